The van der Waals surface area contributed by atoms with Crippen molar-refractivity contribution in [2.24, 2.45) is 0 Å². The second-order valence-electron chi connectivity index (χ2n) is 5.18. The second-order valence-corrected chi connectivity index (χ2v) is 6.32. The largest absolute Gasteiger partial charge is 0.480 e. The lowest BCUT2D eigenvalue weighted by atomic mass is 9.94. The molecule has 5 heteroatoms. The van der Waals surface area contributed by atoms with E-state index >= 15 is 0 Å². The van der Waals surface area contributed by atoms with Gasteiger partial charge >= 0.3 is 5.97 Å². The van der Waals surface area contributed by atoms with Crippen LogP contribution in [0.15, 0.2) is 29.2 Å². The highest BCUT2D eigenvalue weighted by atomic mass is 32.2. The Bertz CT molecular complexity index is 516. The van der Waals surface area contributed by atoms with Crippen molar-refractivity contribution in [2.75, 3.05) is 12.3 Å². The number of hydrogen-bond donors (Lipinski definition) is 1. The number of rotatable bonds is 4. The van der Waals surface area contributed by atoms with Crippen molar-refractivity contribution in [3.05, 3.63) is 29.8 Å². The highest BCUT2D eigenvalue weighted by Crippen LogP contribution is 2.38. The molecule has 1 aromatic carbocycles. The molecule has 20 heavy (non-hydrogen) atoms. The number of carboxylic acid groups (broad SMARTS) is 1. The Labute approximate surface area is 123 Å². The lowest BCUT2D eigenvalue weighted by Gasteiger charge is -2.32. The fourth-order valence-corrected chi connectivity index (χ4v) is 3.58. The van der Waals surface area contributed by atoms with Crippen LogP contribution >= 0.6 is 11.8 Å². The summed E-state index contributed by atoms with van der Waals surface area (Å²) in [5.41, 5.74) is 1.03. The highest BCUT2D eigenvalue weighted by Gasteiger charge is 2.32. The summed E-state index contributed by atoms with van der Waals surface area (Å²) in [6.45, 7) is 3.47. The third-order valence-electron chi connectivity index (χ3n) is 3.47. The summed E-state index contributed by atoms with van der Waals surface area (Å²) >= 11 is 1.76. The van der Waals surface area contributed by atoms with Crippen molar-refractivity contribution in [1.29, 1.82) is 0 Å². The first-order valence-corrected chi connectivity index (χ1v) is 7.73. The van der Waals surface area contributed by atoms with Crippen molar-refractivity contribution in [3.63, 3.8) is 0 Å². The molecule has 1 atom stereocenters. The third-order valence-corrected chi connectivity index (χ3v) is 4.59. The van der Waals surface area contributed by atoms with Crippen LogP contribution in [-0.2, 0) is 9.59 Å². The van der Waals surface area contributed by atoms with E-state index in [1.165, 1.54) is 4.90 Å². The van der Waals surface area contributed by atoms with Crippen LogP contribution in [0, 0.1) is 0 Å². The molecule has 0 saturated carbocycles. The maximum absolute atomic E-state index is 12.7. The number of benzene rings is 1. The van der Waals surface area contributed by atoms with E-state index in [9.17, 15) is 9.59 Å². The molecule has 0 spiro atoms. The standard InChI is InChI=1S/C15H19NO3S/c1-10(2)16(9-14(17)18)15(19)12-7-8-20-13-6-4-3-5-11(12)13/h3-6,10,12H,7-9H2,1-2H3,(H,17,18). The molecule has 1 aliphatic rings. The molecule has 1 amide bonds. The molecular weight excluding hydrogens is 274 g/mol. The Morgan fingerprint density at radius 1 is 1.40 bits per heavy atom. The fourth-order valence-electron chi connectivity index (χ4n) is 2.46. The molecule has 0 bridgehead atoms. The van der Waals surface area contributed by atoms with E-state index in [1.54, 1.807) is 11.8 Å². The van der Waals surface area contributed by atoms with E-state index in [2.05, 4.69) is 0 Å². The quantitative estimate of drug-likeness (QED) is 0.927. The van der Waals surface area contributed by atoms with Crippen LogP contribution in [0.2, 0.25) is 0 Å². The van der Waals surface area contributed by atoms with Crippen molar-refractivity contribution >= 4 is 23.6 Å². The van der Waals surface area contributed by atoms with Crippen LogP contribution in [0.1, 0.15) is 31.7 Å². The Kier molecular flexibility index (Phi) is 4.70. The zero-order valence-corrected chi connectivity index (χ0v) is 12.5. The monoisotopic (exact) mass is 293 g/mol. The molecule has 108 valence electrons. The Morgan fingerprint density at radius 2 is 2.10 bits per heavy atom. The van der Waals surface area contributed by atoms with E-state index in [1.807, 2.05) is 38.1 Å². The van der Waals surface area contributed by atoms with Gasteiger partial charge < -0.3 is 10.0 Å². The lowest BCUT2D eigenvalue weighted by molar-refractivity contribution is -0.146. The summed E-state index contributed by atoms with van der Waals surface area (Å²) in [5.74, 6) is -0.359. The zero-order valence-electron chi connectivity index (χ0n) is 11.7. The van der Waals surface area contributed by atoms with Gasteiger partial charge in [-0.2, -0.15) is 0 Å². The van der Waals surface area contributed by atoms with Crippen LogP contribution in [0.25, 0.3) is 0 Å². The first kappa shape index (κ1) is 14.9. The van der Waals surface area contributed by atoms with E-state index in [4.69, 9.17) is 5.11 Å². The summed E-state index contributed by atoms with van der Waals surface area (Å²) in [7, 11) is 0. The molecule has 1 N–H and O–H groups in total. The molecule has 1 unspecified atom stereocenters. The van der Waals surface area contributed by atoms with Gasteiger partial charge in [0.2, 0.25) is 5.91 Å². The van der Waals surface area contributed by atoms with Crippen molar-refractivity contribution in [2.45, 2.75) is 37.1 Å². The minimum absolute atomic E-state index is 0.0739. The number of hydrogen-bond acceptors (Lipinski definition) is 3. The summed E-state index contributed by atoms with van der Waals surface area (Å²) in [6, 6.07) is 7.79. The van der Waals surface area contributed by atoms with E-state index in [-0.39, 0.29) is 24.4 Å². The zero-order chi connectivity index (χ0) is 14.7. The van der Waals surface area contributed by atoms with Gasteiger partial charge in [-0.3, -0.25) is 9.59 Å². The molecule has 4 nitrogen and oxygen atoms in total. The molecule has 1 aliphatic heterocycles. The molecule has 0 aliphatic carbocycles. The van der Waals surface area contributed by atoms with Gasteiger partial charge in [-0.15, -0.1) is 11.8 Å². The number of fused-ring (bicyclic) bond motifs is 1. The van der Waals surface area contributed by atoms with Crippen molar-refractivity contribution in [3.8, 4) is 0 Å². The summed E-state index contributed by atoms with van der Waals surface area (Å²) in [6.07, 6.45) is 0.767. The SMILES string of the molecule is CC(C)N(CC(=O)O)C(=O)C1CCSc2ccccc21. The van der Waals surface area contributed by atoms with Crippen LogP contribution in [0.3, 0.4) is 0 Å². The van der Waals surface area contributed by atoms with E-state index in [0.29, 0.717) is 0 Å². The van der Waals surface area contributed by atoms with Crippen molar-refractivity contribution in [1.82, 2.24) is 4.90 Å². The number of carbonyl (C=O) groups excluding carboxylic acids is 1. The maximum atomic E-state index is 12.7. The molecule has 1 aromatic rings. The number of carboxylic acids is 1. The smallest absolute Gasteiger partial charge is 0.323 e. The molecule has 2 rings (SSSR count). The van der Waals surface area contributed by atoms with Gasteiger partial charge in [0.05, 0.1) is 5.92 Å². The second kappa shape index (κ2) is 6.31. The average Bonchev–Trinajstić information content (AvgIpc) is 2.43. The van der Waals surface area contributed by atoms with Crippen LogP contribution in [-0.4, -0.2) is 40.2 Å². The van der Waals surface area contributed by atoms with Gasteiger partial charge in [-0.1, -0.05) is 18.2 Å². The Hall–Kier alpha value is -1.49. The molecule has 0 radical (unpaired) electrons. The fraction of sp³-hybridized carbons (Fsp3) is 0.467. The van der Waals surface area contributed by atoms with Crippen LogP contribution in [0.4, 0.5) is 0 Å². The van der Waals surface area contributed by atoms with Gasteiger partial charge in [-0.25, -0.2) is 0 Å². The van der Waals surface area contributed by atoms with Crippen LogP contribution < -0.4 is 0 Å². The molecule has 0 fully saturated rings. The maximum Gasteiger partial charge on any atom is 0.323 e. The molecular formula is C15H19NO3S. The Morgan fingerprint density at radius 3 is 2.75 bits per heavy atom. The molecule has 1 heterocycles. The summed E-state index contributed by atoms with van der Waals surface area (Å²) in [4.78, 5) is 26.2. The van der Waals surface area contributed by atoms with Crippen molar-refractivity contribution < 1.29 is 14.7 Å². The van der Waals surface area contributed by atoms with Gasteiger partial charge in [0.25, 0.3) is 0 Å². The van der Waals surface area contributed by atoms with Gasteiger partial charge in [0.1, 0.15) is 6.54 Å². The highest BCUT2D eigenvalue weighted by molar-refractivity contribution is 7.99. The first-order valence-electron chi connectivity index (χ1n) is 6.74. The van der Waals surface area contributed by atoms with E-state index < -0.39 is 5.97 Å². The predicted molar refractivity (Wildman–Crippen MR) is 79.0 cm³/mol. The first-order chi connectivity index (χ1) is 9.50. The average molecular weight is 293 g/mol. The minimum atomic E-state index is -0.967. The van der Waals surface area contributed by atoms with E-state index in [0.717, 1.165) is 22.6 Å². The number of nitrogens with zero attached hydrogens (tertiary/aromatic N) is 1. The Balaban J connectivity index is 2.26. The van der Waals surface area contributed by atoms with Gasteiger partial charge in [-0.05, 0) is 37.7 Å². The summed E-state index contributed by atoms with van der Waals surface area (Å²) in [5, 5.41) is 8.98. The predicted octanol–water partition coefficient (Wildman–Crippen LogP) is 2.59. The minimum Gasteiger partial charge on any atom is -0.480 e. The normalized spacial score (nSPS) is 17.6. The number of carbonyl (C=O) groups is 2. The third kappa shape index (κ3) is 3.15. The van der Waals surface area contributed by atoms with Gasteiger partial charge in [0.15, 0.2) is 0 Å². The van der Waals surface area contributed by atoms with Gasteiger partial charge in [0, 0.05) is 10.9 Å². The van der Waals surface area contributed by atoms with Crippen LogP contribution in [0.5, 0.6) is 0 Å². The topological polar surface area (TPSA) is 57.6 Å². The number of aliphatic carboxylic acids is 1. The summed E-state index contributed by atoms with van der Waals surface area (Å²) < 4.78 is 0. The molecule has 0 aromatic heterocycles. The number of amides is 1. The lowest BCUT2D eigenvalue weighted by Crippen LogP contribution is -2.43. The molecule has 0 saturated heterocycles. The number of thioether (sulfide) groups is 1.